The van der Waals surface area contributed by atoms with E-state index in [1.807, 2.05) is 0 Å². The van der Waals surface area contributed by atoms with Gasteiger partial charge in [0.2, 0.25) is 0 Å². The molecule has 0 spiro atoms. The molecule has 0 aliphatic rings. The molecule has 0 rings (SSSR count). The van der Waals surface area contributed by atoms with Gasteiger partial charge in [0.25, 0.3) is 0 Å². The van der Waals surface area contributed by atoms with E-state index in [4.69, 9.17) is 0 Å². The summed E-state index contributed by atoms with van der Waals surface area (Å²) in [6.45, 7) is 12.7. The van der Waals surface area contributed by atoms with Crippen LogP contribution in [-0.4, -0.2) is 37.1 Å². The monoisotopic (exact) mass is 214 g/mol. The molecule has 0 unspecified atom stereocenters. The lowest BCUT2D eigenvalue weighted by atomic mass is 10.0. The summed E-state index contributed by atoms with van der Waals surface area (Å²) in [5, 5.41) is 3.38. The van der Waals surface area contributed by atoms with Gasteiger partial charge in [-0.15, -0.1) is 0 Å². The zero-order chi connectivity index (χ0) is 11.7. The predicted molar refractivity (Wildman–Crippen MR) is 69.4 cm³/mol. The third kappa shape index (κ3) is 7.80. The molecule has 0 fully saturated rings. The van der Waals surface area contributed by atoms with Gasteiger partial charge in [0.1, 0.15) is 0 Å². The van der Waals surface area contributed by atoms with E-state index in [0.717, 1.165) is 6.54 Å². The van der Waals surface area contributed by atoms with Gasteiger partial charge in [-0.25, -0.2) is 0 Å². The van der Waals surface area contributed by atoms with Crippen molar-refractivity contribution in [3.63, 3.8) is 0 Å². The number of hydrogen-bond acceptors (Lipinski definition) is 2. The van der Waals surface area contributed by atoms with Gasteiger partial charge in [0.15, 0.2) is 0 Å². The Morgan fingerprint density at radius 3 is 1.80 bits per heavy atom. The maximum absolute atomic E-state index is 3.38. The van der Waals surface area contributed by atoms with Crippen LogP contribution >= 0.6 is 0 Å². The second-order valence-corrected chi connectivity index (χ2v) is 5.12. The van der Waals surface area contributed by atoms with E-state index in [1.54, 1.807) is 0 Å². The average Bonchev–Trinajstić information content (AvgIpc) is 2.22. The first-order valence-corrected chi connectivity index (χ1v) is 6.47. The van der Waals surface area contributed by atoms with Crippen molar-refractivity contribution < 1.29 is 0 Å². The molecule has 0 aliphatic heterocycles. The van der Waals surface area contributed by atoms with Crippen molar-refractivity contribution in [1.29, 1.82) is 0 Å². The molecule has 2 nitrogen and oxygen atoms in total. The summed E-state index contributed by atoms with van der Waals surface area (Å²) in [7, 11) is 2.05. The van der Waals surface area contributed by atoms with E-state index >= 15 is 0 Å². The minimum absolute atomic E-state index is 0.238. The maximum atomic E-state index is 3.38. The Kier molecular flexibility index (Phi) is 8.07. The fourth-order valence-corrected chi connectivity index (χ4v) is 1.67. The Balaban J connectivity index is 3.98. The molecule has 1 N–H and O–H groups in total. The van der Waals surface area contributed by atoms with Crippen LogP contribution in [0.3, 0.4) is 0 Å². The molecule has 0 radical (unpaired) electrons. The highest BCUT2D eigenvalue weighted by molar-refractivity contribution is 4.80. The number of hydrogen-bond donors (Lipinski definition) is 1. The number of nitrogens with zero attached hydrogens (tertiary/aromatic N) is 1. The lowest BCUT2D eigenvalue weighted by Crippen LogP contribution is -2.48. The van der Waals surface area contributed by atoms with Crippen LogP contribution in [0.2, 0.25) is 0 Å². The van der Waals surface area contributed by atoms with Crippen molar-refractivity contribution in [2.24, 2.45) is 0 Å². The van der Waals surface area contributed by atoms with Gasteiger partial charge in [-0.3, -0.25) is 0 Å². The molecule has 92 valence electrons. The van der Waals surface area contributed by atoms with E-state index in [9.17, 15) is 0 Å². The summed E-state index contributed by atoms with van der Waals surface area (Å²) in [5.74, 6) is 0. The second-order valence-electron chi connectivity index (χ2n) is 5.12. The van der Waals surface area contributed by atoms with Crippen LogP contribution in [0.1, 0.15) is 53.4 Å². The Hall–Kier alpha value is -0.0800. The topological polar surface area (TPSA) is 15.3 Å². The number of likely N-dealkylation sites (N-methyl/N-ethyl adjacent to an activating group) is 1. The van der Waals surface area contributed by atoms with Gasteiger partial charge in [-0.05, 0) is 46.8 Å². The molecule has 0 aromatic heterocycles. The van der Waals surface area contributed by atoms with Crippen LogP contribution in [0.4, 0.5) is 0 Å². The van der Waals surface area contributed by atoms with E-state index in [-0.39, 0.29) is 5.54 Å². The highest BCUT2D eigenvalue weighted by Gasteiger charge is 2.18. The van der Waals surface area contributed by atoms with Crippen molar-refractivity contribution >= 4 is 0 Å². The summed E-state index contributed by atoms with van der Waals surface area (Å²) in [4.78, 5) is 2.60. The third-order valence-electron chi connectivity index (χ3n) is 2.95. The van der Waals surface area contributed by atoms with Crippen LogP contribution in [0.25, 0.3) is 0 Å². The molecule has 0 heterocycles. The minimum Gasteiger partial charge on any atom is -0.314 e. The van der Waals surface area contributed by atoms with E-state index < -0.39 is 0 Å². The van der Waals surface area contributed by atoms with Gasteiger partial charge in [0.05, 0.1) is 0 Å². The van der Waals surface area contributed by atoms with E-state index in [1.165, 1.54) is 38.8 Å². The van der Waals surface area contributed by atoms with Crippen molar-refractivity contribution in [2.75, 3.05) is 26.7 Å². The summed E-state index contributed by atoms with van der Waals surface area (Å²) in [6.07, 6.45) is 5.23. The molecule has 0 aliphatic carbocycles. The molecule has 0 aromatic rings. The Morgan fingerprint density at radius 2 is 1.47 bits per heavy atom. The normalized spacial score (nSPS) is 12.4. The predicted octanol–water partition coefficient (Wildman–Crippen LogP) is 2.89. The quantitative estimate of drug-likeness (QED) is 0.635. The smallest absolute Gasteiger partial charge is 0.0249 e. The molecule has 2 heteroatoms. The summed E-state index contributed by atoms with van der Waals surface area (Å²) in [6, 6.07) is 0. The van der Waals surface area contributed by atoms with Crippen LogP contribution in [-0.2, 0) is 0 Å². The molecule has 15 heavy (non-hydrogen) atoms. The molecular weight excluding hydrogens is 184 g/mol. The SMILES string of the molecule is CCCCN(CCCC)CC(C)(C)NC. The molecule has 0 atom stereocenters. The zero-order valence-electron chi connectivity index (χ0n) is 11.4. The molecule has 0 amide bonds. The highest BCUT2D eigenvalue weighted by atomic mass is 15.2. The summed E-state index contributed by atoms with van der Waals surface area (Å²) >= 11 is 0. The first kappa shape index (κ1) is 14.9. The van der Waals surface area contributed by atoms with Crippen molar-refractivity contribution in [3.8, 4) is 0 Å². The number of unbranched alkanes of at least 4 members (excludes halogenated alkanes) is 2. The lowest BCUT2D eigenvalue weighted by Gasteiger charge is -2.32. The molecular formula is C13H30N2. The first-order valence-electron chi connectivity index (χ1n) is 6.47. The summed E-state index contributed by atoms with van der Waals surface area (Å²) in [5.41, 5.74) is 0.238. The third-order valence-corrected chi connectivity index (χ3v) is 2.95. The Labute approximate surface area is 96.4 Å². The van der Waals surface area contributed by atoms with Crippen LogP contribution < -0.4 is 5.32 Å². The molecule has 0 saturated heterocycles. The van der Waals surface area contributed by atoms with Gasteiger partial charge in [-0.2, -0.15) is 0 Å². The fraction of sp³-hybridized carbons (Fsp3) is 1.00. The van der Waals surface area contributed by atoms with Crippen molar-refractivity contribution in [3.05, 3.63) is 0 Å². The maximum Gasteiger partial charge on any atom is 0.0249 e. The number of rotatable bonds is 9. The molecule has 0 aromatic carbocycles. The van der Waals surface area contributed by atoms with Gasteiger partial charge in [-0.1, -0.05) is 26.7 Å². The van der Waals surface area contributed by atoms with Gasteiger partial charge >= 0.3 is 0 Å². The van der Waals surface area contributed by atoms with Gasteiger partial charge in [0, 0.05) is 12.1 Å². The summed E-state index contributed by atoms with van der Waals surface area (Å²) < 4.78 is 0. The lowest BCUT2D eigenvalue weighted by molar-refractivity contribution is 0.201. The van der Waals surface area contributed by atoms with Crippen molar-refractivity contribution in [2.45, 2.75) is 58.9 Å². The molecule has 0 saturated carbocycles. The van der Waals surface area contributed by atoms with Crippen LogP contribution in [0, 0.1) is 0 Å². The van der Waals surface area contributed by atoms with E-state index in [2.05, 4.69) is 45.0 Å². The largest absolute Gasteiger partial charge is 0.314 e. The highest BCUT2D eigenvalue weighted by Crippen LogP contribution is 2.07. The second kappa shape index (κ2) is 8.12. The average molecular weight is 214 g/mol. The Bertz CT molecular complexity index is 135. The van der Waals surface area contributed by atoms with Gasteiger partial charge < -0.3 is 10.2 Å². The minimum atomic E-state index is 0.238. The first-order chi connectivity index (χ1) is 7.05. The van der Waals surface area contributed by atoms with Crippen molar-refractivity contribution in [1.82, 2.24) is 10.2 Å². The number of nitrogens with one attached hydrogen (secondary N) is 1. The molecule has 0 bridgehead atoms. The van der Waals surface area contributed by atoms with Crippen LogP contribution in [0.5, 0.6) is 0 Å². The fourth-order valence-electron chi connectivity index (χ4n) is 1.67. The Morgan fingerprint density at radius 1 is 1.00 bits per heavy atom. The van der Waals surface area contributed by atoms with Crippen LogP contribution in [0.15, 0.2) is 0 Å². The zero-order valence-corrected chi connectivity index (χ0v) is 11.4. The van der Waals surface area contributed by atoms with E-state index in [0.29, 0.717) is 0 Å². The standard InChI is InChI=1S/C13H30N2/c1-6-8-10-15(11-9-7-2)12-13(3,4)14-5/h14H,6-12H2,1-5H3.